The SMILES string of the molecule is C=CC(CO)C(C)(C)C(C)(C)[C@H](C)O.CC.[Y]. The molecule has 2 nitrogen and oxygen atoms in total. The van der Waals surface area contributed by atoms with Crippen LogP contribution in [0.15, 0.2) is 12.7 Å². The molecule has 0 fully saturated rings. The Balaban J connectivity index is -0.000000616. The first kappa shape index (κ1) is 22.9. The molecule has 0 aliphatic heterocycles. The zero-order valence-electron chi connectivity index (χ0n) is 12.6. The van der Waals surface area contributed by atoms with Gasteiger partial charge in [-0.1, -0.05) is 47.6 Å². The van der Waals surface area contributed by atoms with Gasteiger partial charge in [0.15, 0.2) is 0 Å². The summed E-state index contributed by atoms with van der Waals surface area (Å²) in [7, 11) is 0. The van der Waals surface area contributed by atoms with E-state index in [1.807, 2.05) is 27.7 Å². The van der Waals surface area contributed by atoms with Gasteiger partial charge in [-0.2, -0.15) is 0 Å². The van der Waals surface area contributed by atoms with Crippen LogP contribution < -0.4 is 0 Å². The summed E-state index contributed by atoms with van der Waals surface area (Å²) in [5, 5.41) is 19.0. The molecule has 0 spiro atoms. The quantitative estimate of drug-likeness (QED) is 0.764. The molecule has 2 atom stereocenters. The van der Waals surface area contributed by atoms with Crippen molar-refractivity contribution in [3.8, 4) is 0 Å². The first-order valence-electron chi connectivity index (χ1n) is 6.13. The maximum Gasteiger partial charge on any atom is 0.0568 e. The molecular weight excluding hydrogens is 289 g/mol. The Hall–Kier alpha value is 0.764. The van der Waals surface area contributed by atoms with Crippen LogP contribution in [0, 0.1) is 16.7 Å². The number of hydrogen-bond acceptors (Lipinski definition) is 2. The summed E-state index contributed by atoms with van der Waals surface area (Å²) < 4.78 is 0. The van der Waals surface area contributed by atoms with Crippen molar-refractivity contribution < 1.29 is 42.9 Å². The van der Waals surface area contributed by atoms with Crippen molar-refractivity contribution in [3.63, 3.8) is 0 Å². The maximum absolute atomic E-state index is 9.74. The summed E-state index contributed by atoms with van der Waals surface area (Å²) in [5.41, 5.74) is -0.438. The van der Waals surface area contributed by atoms with Gasteiger partial charge in [-0.3, -0.25) is 0 Å². The van der Waals surface area contributed by atoms with Crippen molar-refractivity contribution in [2.75, 3.05) is 6.61 Å². The molecule has 0 aromatic carbocycles. The summed E-state index contributed by atoms with van der Waals surface area (Å²) in [5.74, 6) is 0.00657. The summed E-state index contributed by atoms with van der Waals surface area (Å²) in [4.78, 5) is 0. The second-order valence-electron chi connectivity index (χ2n) is 5.14. The topological polar surface area (TPSA) is 40.5 Å². The molecule has 0 amide bonds. The van der Waals surface area contributed by atoms with E-state index in [-0.39, 0.29) is 56.1 Å². The fraction of sp³-hybridized carbons (Fsp3) is 0.857. The molecular formula is C14H30O2Y. The Morgan fingerprint density at radius 1 is 1.12 bits per heavy atom. The van der Waals surface area contributed by atoms with E-state index in [1.165, 1.54) is 0 Å². The molecule has 3 heteroatoms. The van der Waals surface area contributed by atoms with E-state index < -0.39 is 6.10 Å². The Kier molecular flexibility index (Phi) is 13.0. The molecule has 1 radical (unpaired) electrons. The van der Waals surface area contributed by atoms with Gasteiger partial charge in [-0.25, -0.2) is 0 Å². The predicted molar refractivity (Wildman–Crippen MR) is 71.4 cm³/mol. The van der Waals surface area contributed by atoms with E-state index in [0.29, 0.717) is 0 Å². The van der Waals surface area contributed by atoms with Gasteiger partial charge in [-0.05, 0) is 17.8 Å². The Morgan fingerprint density at radius 2 is 1.47 bits per heavy atom. The molecule has 0 heterocycles. The molecule has 0 aromatic rings. The van der Waals surface area contributed by atoms with Gasteiger partial charge in [0.1, 0.15) is 0 Å². The van der Waals surface area contributed by atoms with E-state index in [0.717, 1.165) is 0 Å². The Labute approximate surface area is 133 Å². The molecule has 2 N–H and O–H groups in total. The number of aliphatic hydroxyl groups is 2. The van der Waals surface area contributed by atoms with Crippen LogP contribution in [-0.4, -0.2) is 22.9 Å². The molecule has 17 heavy (non-hydrogen) atoms. The zero-order valence-corrected chi connectivity index (χ0v) is 15.5. The molecule has 0 saturated carbocycles. The van der Waals surface area contributed by atoms with Gasteiger partial charge in [0, 0.05) is 45.2 Å². The molecule has 0 aliphatic rings. The molecule has 1 unspecified atom stereocenters. The van der Waals surface area contributed by atoms with E-state index >= 15 is 0 Å². The van der Waals surface area contributed by atoms with Gasteiger partial charge < -0.3 is 10.2 Å². The fourth-order valence-electron chi connectivity index (χ4n) is 1.61. The normalized spacial score (nSPS) is 14.9. The maximum atomic E-state index is 9.74. The Morgan fingerprint density at radius 3 is 1.65 bits per heavy atom. The molecule has 0 aromatic heterocycles. The van der Waals surface area contributed by atoms with Gasteiger partial charge in [0.05, 0.1) is 6.10 Å². The minimum Gasteiger partial charge on any atom is -0.396 e. The molecule has 0 saturated heterocycles. The standard InChI is InChI=1S/C12H24O2.C2H6.Y/c1-7-10(8-13)12(5,6)11(3,4)9(2)14;1-2;/h7,9-10,13-14H,1,8H2,2-6H3;1-2H3;/t9-,10?;;/m0../s1. The second kappa shape index (κ2) is 9.66. The van der Waals surface area contributed by atoms with Crippen molar-refractivity contribution in [3.05, 3.63) is 12.7 Å². The van der Waals surface area contributed by atoms with Crippen LogP contribution in [0.3, 0.4) is 0 Å². The van der Waals surface area contributed by atoms with Crippen LogP contribution in [0.25, 0.3) is 0 Å². The van der Waals surface area contributed by atoms with Crippen molar-refractivity contribution >= 4 is 0 Å². The largest absolute Gasteiger partial charge is 0.396 e. The third kappa shape index (κ3) is 5.50. The summed E-state index contributed by atoms with van der Waals surface area (Å²) in [6.45, 7) is 17.7. The molecule has 0 rings (SSSR count). The fourth-order valence-corrected chi connectivity index (χ4v) is 1.61. The van der Waals surface area contributed by atoms with E-state index in [9.17, 15) is 10.2 Å². The van der Waals surface area contributed by atoms with Crippen LogP contribution in [0.4, 0.5) is 0 Å². The van der Waals surface area contributed by atoms with Gasteiger partial charge >= 0.3 is 0 Å². The van der Waals surface area contributed by atoms with Crippen LogP contribution in [-0.2, 0) is 32.7 Å². The average Bonchev–Trinajstić information content (AvgIpc) is 2.21. The van der Waals surface area contributed by atoms with Crippen molar-refractivity contribution in [2.45, 2.75) is 54.6 Å². The van der Waals surface area contributed by atoms with Crippen LogP contribution in [0.5, 0.6) is 0 Å². The number of hydrogen-bond donors (Lipinski definition) is 2. The zero-order chi connectivity index (χ0) is 13.6. The minimum atomic E-state index is -0.411. The summed E-state index contributed by atoms with van der Waals surface area (Å²) in [6, 6.07) is 0. The van der Waals surface area contributed by atoms with E-state index in [4.69, 9.17) is 0 Å². The van der Waals surface area contributed by atoms with Gasteiger partial charge in [0.25, 0.3) is 0 Å². The monoisotopic (exact) mass is 319 g/mol. The minimum absolute atomic E-state index is 0. The predicted octanol–water partition coefficient (Wildman–Crippen LogP) is 3.24. The first-order chi connectivity index (χ1) is 7.21. The van der Waals surface area contributed by atoms with Crippen molar-refractivity contribution in [1.29, 1.82) is 0 Å². The molecule has 0 bridgehead atoms. The molecule has 0 aliphatic carbocycles. The summed E-state index contributed by atoms with van der Waals surface area (Å²) in [6.07, 6.45) is 1.36. The van der Waals surface area contributed by atoms with Gasteiger partial charge in [-0.15, -0.1) is 6.58 Å². The first-order valence-corrected chi connectivity index (χ1v) is 6.13. The van der Waals surface area contributed by atoms with Crippen molar-refractivity contribution in [2.24, 2.45) is 16.7 Å². The van der Waals surface area contributed by atoms with E-state index in [2.05, 4.69) is 20.4 Å². The molecule has 101 valence electrons. The third-order valence-corrected chi connectivity index (χ3v) is 4.11. The van der Waals surface area contributed by atoms with Gasteiger partial charge in [0.2, 0.25) is 0 Å². The van der Waals surface area contributed by atoms with Crippen LogP contribution >= 0.6 is 0 Å². The average molecular weight is 319 g/mol. The number of aliphatic hydroxyl groups excluding tert-OH is 2. The van der Waals surface area contributed by atoms with Crippen LogP contribution in [0.1, 0.15) is 48.5 Å². The summed E-state index contributed by atoms with van der Waals surface area (Å²) >= 11 is 0. The van der Waals surface area contributed by atoms with E-state index in [1.54, 1.807) is 13.0 Å². The smallest absolute Gasteiger partial charge is 0.0568 e. The third-order valence-electron chi connectivity index (χ3n) is 4.11. The number of rotatable bonds is 5. The van der Waals surface area contributed by atoms with Crippen LogP contribution in [0.2, 0.25) is 0 Å². The Bertz CT molecular complexity index is 198. The second-order valence-corrected chi connectivity index (χ2v) is 5.14. The van der Waals surface area contributed by atoms with Crippen molar-refractivity contribution in [1.82, 2.24) is 0 Å².